The largest absolute Gasteiger partial charge is 0.314 e. The first-order valence-electron chi connectivity index (χ1n) is 5.73. The second-order valence-electron chi connectivity index (χ2n) is 4.28. The topological polar surface area (TPSA) is 61.6 Å². The molecule has 1 aliphatic heterocycles. The summed E-state index contributed by atoms with van der Waals surface area (Å²) < 4.78 is 0. The highest BCUT2D eigenvalue weighted by Crippen LogP contribution is 2.32. The first kappa shape index (κ1) is 11.0. The number of rotatable bonds is 2. The monoisotopic (exact) mass is 216 g/mol. The Morgan fingerprint density at radius 1 is 1.56 bits per heavy atom. The molecule has 0 saturated carbocycles. The summed E-state index contributed by atoms with van der Waals surface area (Å²) in [5.74, 6) is 0.678. The molecule has 2 unspecified atom stereocenters. The molecule has 1 saturated heterocycles. The van der Waals surface area contributed by atoms with Crippen LogP contribution in [0.3, 0.4) is 0 Å². The number of nitrogens with one attached hydrogen (secondary N) is 1. The highest BCUT2D eigenvalue weighted by atomic mass is 15.0. The Kier molecular flexibility index (Phi) is 3.16. The standard InChI is InChI=1S/C12H16N4/c1-2-10-8-12(9-13,4-7-14-10)11-15-5-3-6-16-11/h3,5-6,10,14H,2,4,7-8H2,1H3. The number of piperidine rings is 1. The third kappa shape index (κ3) is 1.91. The molecule has 4 nitrogen and oxygen atoms in total. The van der Waals surface area contributed by atoms with Crippen LogP contribution in [0.5, 0.6) is 0 Å². The van der Waals surface area contributed by atoms with Gasteiger partial charge in [-0.15, -0.1) is 0 Å². The molecule has 1 aromatic rings. The predicted molar refractivity (Wildman–Crippen MR) is 60.6 cm³/mol. The van der Waals surface area contributed by atoms with Crippen LogP contribution in [0.15, 0.2) is 18.5 Å². The van der Waals surface area contributed by atoms with E-state index in [0.29, 0.717) is 11.9 Å². The highest BCUT2D eigenvalue weighted by molar-refractivity contribution is 5.22. The van der Waals surface area contributed by atoms with Gasteiger partial charge in [0.05, 0.1) is 6.07 Å². The molecular formula is C12H16N4. The minimum absolute atomic E-state index is 0.400. The van der Waals surface area contributed by atoms with Crippen LogP contribution in [0, 0.1) is 11.3 Å². The minimum atomic E-state index is -0.493. The van der Waals surface area contributed by atoms with E-state index in [1.807, 2.05) is 0 Å². The lowest BCUT2D eigenvalue weighted by Gasteiger charge is -2.34. The van der Waals surface area contributed by atoms with E-state index in [4.69, 9.17) is 0 Å². The average molecular weight is 216 g/mol. The number of hydrogen-bond acceptors (Lipinski definition) is 4. The van der Waals surface area contributed by atoms with E-state index in [-0.39, 0.29) is 0 Å². The Balaban J connectivity index is 2.30. The summed E-state index contributed by atoms with van der Waals surface area (Å²) in [6.07, 6.45) is 6.07. The Morgan fingerprint density at radius 2 is 2.31 bits per heavy atom. The van der Waals surface area contributed by atoms with E-state index in [1.165, 1.54) is 0 Å². The maximum atomic E-state index is 9.45. The third-order valence-corrected chi connectivity index (χ3v) is 3.28. The summed E-state index contributed by atoms with van der Waals surface area (Å²) in [5, 5.41) is 12.9. The lowest BCUT2D eigenvalue weighted by atomic mass is 9.76. The molecule has 0 amide bonds. The van der Waals surface area contributed by atoms with Crippen molar-refractivity contribution in [2.45, 2.75) is 37.6 Å². The summed E-state index contributed by atoms with van der Waals surface area (Å²) >= 11 is 0. The number of nitriles is 1. The van der Waals surface area contributed by atoms with Gasteiger partial charge >= 0.3 is 0 Å². The molecule has 1 aromatic heterocycles. The first-order valence-corrected chi connectivity index (χ1v) is 5.73. The fraction of sp³-hybridized carbons (Fsp3) is 0.583. The summed E-state index contributed by atoms with van der Waals surface area (Å²) in [6, 6.07) is 4.62. The molecule has 16 heavy (non-hydrogen) atoms. The second-order valence-corrected chi connectivity index (χ2v) is 4.28. The van der Waals surface area contributed by atoms with Gasteiger partial charge in [0.25, 0.3) is 0 Å². The molecule has 0 aliphatic carbocycles. The molecule has 2 atom stereocenters. The van der Waals surface area contributed by atoms with E-state index in [9.17, 15) is 5.26 Å². The number of aromatic nitrogens is 2. The van der Waals surface area contributed by atoms with E-state index < -0.39 is 5.41 Å². The van der Waals surface area contributed by atoms with Crippen LogP contribution < -0.4 is 5.32 Å². The molecular weight excluding hydrogens is 200 g/mol. The van der Waals surface area contributed by atoms with Crippen molar-refractivity contribution < 1.29 is 0 Å². The van der Waals surface area contributed by atoms with Gasteiger partial charge in [-0.1, -0.05) is 6.92 Å². The summed E-state index contributed by atoms with van der Waals surface area (Å²) in [4.78, 5) is 8.51. The first-order chi connectivity index (χ1) is 7.80. The maximum absolute atomic E-state index is 9.45. The van der Waals surface area contributed by atoms with Gasteiger partial charge in [-0.2, -0.15) is 5.26 Å². The van der Waals surface area contributed by atoms with E-state index in [2.05, 4.69) is 28.3 Å². The van der Waals surface area contributed by atoms with Crippen molar-refractivity contribution in [3.8, 4) is 6.07 Å². The van der Waals surface area contributed by atoms with Crippen LogP contribution >= 0.6 is 0 Å². The van der Waals surface area contributed by atoms with Crippen LogP contribution in [0.1, 0.15) is 32.0 Å². The van der Waals surface area contributed by atoms with Crippen molar-refractivity contribution in [1.29, 1.82) is 5.26 Å². The van der Waals surface area contributed by atoms with Gasteiger partial charge in [-0.25, -0.2) is 9.97 Å². The van der Waals surface area contributed by atoms with Crippen LogP contribution in [-0.4, -0.2) is 22.6 Å². The minimum Gasteiger partial charge on any atom is -0.314 e. The molecule has 0 aromatic carbocycles. The van der Waals surface area contributed by atoms with E-state index >= 15 is 0 Å². The SMILES string of the molecule is CCC1CC(C#N)(c2ncccn2)CCN1. The predicted octanol–water partition coefficient (Wildman–Crippen LogP) is 1.40. The number of nitrogens with zero attached hydrogens (tertiary/aromatic N) is 3. The fourth-order valence-electron chi connectivity index (χ4n) is 2.27. The third-order valence-electron chi connectivity index (χ3n) is 3.28. The number of hydrogen-bond donors (Lipinski definition) is 1. The van der Waals surface area contributed by atoms with Gasteiger partial charge in [0, 0.05) is 18.4 Å². The highest BCUT2D eigenvalue weighted by Gasteiger charge is 2.39. The van der Waals surface area contributed by atoms with Crippen molar-refractivity contribution in [1.82, 2.24) is 15.3 Å². The molecule has 0 spiro atoms. The van der Waals surface area contributed by atoms with E-state index in [0.717, 1.165) is 25.8 Å². The van der Waals surface area contributed by atoms with Gasteiger partial charge in [0.15, 0.2) is 0 Å². The molecule has 1 N–H and O–H groups in total. The molecule has 2 heterocycles. The Morgan fingerprint density at radius 3 is 2.94 bits per heavy atom. The van der Waals surface area contributed by atoms with Crippen molar-refractivity contribution in [3.05, 3.63) is 24.3 Å². The van der Waals surface area contributed by atoms with Gasteiger partial charge in [-0.3, -0.25) is 0 Å². The Hall–Kier alpha value is -1.47. The second kappa shape index (κ2) is 4.58. The molecule has 84 valence electrons. The maximum Gasteiger partial charge on any atom is 0.148 e. The molecule has 1 fully saturated rings. The molecule has 1 aliphatic rings. The smallest absolute Gasteiger partial charge is 0.148 e. The summed E-state index contributed by atoms with van der Waals surface area (Å²) in [5.41, 5.74) is -0.493. The van der Waals surface area contributed by atoms with E-state index in [1.54, 1.807) is 18.5 Å². The zero-order valence-electron chi connectivity index (χ0n) is 9.48. The van der Waals surface area contributed by atoms with Crippen molar-refractivity contribution in [3.63, 3.8) is 0 Å². The normalized spacial score (nSPS) is 29.6. The van der Waals surface area contributed by atoms with Crippen LogP contribution in [-0.2, 0) is 5.41 Å². The zero-order valence-corrected chi connectivity index (χ0v) is 9.48. The van der Waals surface area contributed by atoms with Crippen molar-refractivity contribution in [2.24, 2.45) is 0 Å². The molecule has 0 radical (unpaired) electrons. The Labute approximate surface area is 95.7 Å². The Bertz CT molecular complexity index is 384. The van der Waals surface area contributed by atoms with Gasteiger partial charge in [-0.05, 0) is 31.9 Å². The fourth-order valence-corrected chi connectivity index (χ4v) is 2.27. The van der Waals surface area contributed by atoms with Gasteiger partial charge in [0.2, 0.25) is 0 Å². The van der Waals surface area contributed by atoms with Crippen LogP contribution in [0.2, 0.25) is 0 Å². The molecule has 4 heteroatoms. The summed E-state index contributed by atoms with van der Waals surface area (Å²) in [7, 11) is 0. The van der Waals surface area contributed by atoms with Crippen LogP contribution in [0.25, 0.3) is 0 Å². The van der Waals surface area contributed by atoms with Crippen LogP contribution in [0.4, 0.5) is 0 Å². The van der Waals surface area contributed by atoms with Crippen molar-refractivity contribution in [2.75, 3.05) is 6.54 Å². The van der Waals surface area contributed by atoms with Crippen molar-refractivity contribution >= 4 is 0 Å². The van der Waals surface area contributed by atoms with Gasteiger partial charge < -0.3 is 5.32 Å². The van der Waals surface area contributed by atoms with Gasteiger partial charge in [0.1, 0.15) is 11.2 Å². The zero-order chi connectivity index (χ0) is 11.4. The molecule has 2 rings (SSSR count). The lowest BCUT2D eigenvalue weighted by Crippen LogP contribution is -2.46. The average Bonchev–Trinajstić information content (AvgIpc) is 2.39. The lowest BCUT2D eigenvalue weighted by molar-refractivity contribution is 0.290. The molecule has 0 bridgehead atoms. The summed E-state index contributed by atoms with van der Waals surface area (Å²) in [6.45, 7) is 3.00. The quantitative estimate of drug-likeness (QED) is 0.811.